The molecule has 0 aromatic heterocycles. The highest BCUT2D eigenvalue weighted by Gasteiger charge is 2.28. The summed E-state index contributed by atoms with van der Waals surface area (Å²) in [4.78, 5) is 13.6. The Hall–Kier alpha value is -0.610. The smallest absolute Gasteiger partial charge is 0.235 e. The maximum atomic E-state index is 11.2. The Morgan fingerprint density at radius 2 is 2.07 bits per heavy atom. The molecule has 1 saturated carbocycles. The maximum Gasteiger partial charge on any atom is 0.235 e. The first-order chi connectivity index (χ1) is 7.04. The molecule has 3 N–H and O–H groups in total. The van der Waals surface area contributed by atoms with Crippen LogP contribution in [0.5, 0.6) is 0 Å². The van der Waals surface area contributed by atoms with Crippen molar-refractivity contribution in [1.29, 1.82) is 0 Å². The minimum atomic E-state index is -0.0797. The number of nitrogens with zero attached hydrogens (tertiary/aromatic N) is 1. The molecule has 0 heterocycles. The average molecular weight is 213 g/mol. The van der Waals surface area contributed by atoms with Crippen LogP contribution in [0.15, 0.2) is 0 Å². The van der Waals surface area contributed by atoms with E-state index in [9.17, 15) is 4.79 Å². The molecule has 0 radical (unpaired) electrons. The van der Waals surface area contributed by atoms with Crippen LogP contribution in [0.3, 0.4) is 0 Å². The second kappa shape index (κ2) is 5.47. The van der Waals surface area contributed by atoms with E-state index in [1.807, 2.05) is 0 Å². The number of hydrogen-bond acceptors (Lipinski definition) is 3. The number of carbonyl (C=O) groups excluding carboxylic acids is 1. The van der Waals surface area contributed by atoms with Crippen LogP contribution in [0.4, 0.5) is 0 Å². The largest absolute Gasteiger partial charge is 0.297 e. The van der Waals surface area contributed by atoms with Gasteiger partial charge in [-0.1, -0.05) is 0 Å². The minimum Gasteiger partial charge on any atom is -0.297 e. The molecule has 1 aliphatic carbocycles. The molecule has 1 unspecified atom stereocenters. The Morgan fingerprint density at radius 3 is 2.47 bits per heavy atom. The van der Waals surface area contributed by atoms with E-state index in [0.29, 0.717) is 12.5 Å². The van der Waals surface area contributed by atoms with Gasteiger partial charge in [0.2, 0.25) is 5.91 Å². The SMILES string of the molecule is CC(C)N(CC1CC1)C(C)CC(=O)NN. The molecule has 0 aliphatic heterocycles. The van der Waals surface area contributed by atoms with Crippen molar-refractivity contribution in [2.24, 2.45) is 11.8 Å². The highest BCUT2D eigenvalue weighted by atomic mass is 16.2. The number of hydrogen-bond donors (Lipinski definition) is 2. The van der Waals surface area contributed by atoms with Gasteiger partial charge in [-0.2, -0.15) is 0 Å². The number of hydrazine groups is 1. The summed E-state index contributed by atoms with van der Waals surface area (Å²) in [6.07, 6.45) is 3.18. The summed E-state index contributed by atoms with van der Waals surface area (Å²) in [5.74, 6) is 5.87. The summed E-state index contributed by atoms with van der Waals surface area (Å²) in [6, 6.07) is 0.764. The molecular formula is C11H23N3O. The molecule has 1 amide bonds. The maximum absolute atomic E-state index is 11.2. The molecule has 0 spiro atoms. The van der Waals surface area contributed by atoms with Gasteiger partial charge in [-0.3, -0.25) is 15.1 Å². The van der Waals surface area contributed by atoms with Crippen LogP contribution in [0.1, 0.15) is 40.0 Å². The van der Waals surface area contributed by atoms with E-state index >= 15 is 0 Å². The van der Waals surface area contributed by atoms with Crippen LogP contribution in [0, 0.1) is 5.92 Å². The third kappa shape index (κ3) is 4.18. The Kier molecular flexibility index (Phi) is 4.54. The lowest BCUT2D eigenvalue weighted by Crippen LogP contribution is -2.43. The third-order valence-corrected chi connectivity index (χ3v) is 3.04. The summed E-state index contributed by atoms with van der Waals surface area (Å²) in [6.45, 7) is 7.58. The molecule has 15 heavy (non-hydrogen) atoms. The number of rotatable bonds is 6. The Balaban J connectivity index is 2.42. The summed E-state index contributed by atoms with van der Waals surface area (Å²) in [7, 11) is 0. The first kappa shape index (κ1) is 12.5. The quantitative estimate of drug-likeness (QED) is 0.391. The monoisotopic (exact) mass is 213 g/mol. The number of carbonyl (C=O) groups is 1. The summed E-state index contributed by atoms with van der Waals surface area (Å²) in [5.41, 5.74) is 2.19. The number of nitrogens with two attached hydrogens (primary N) is 1. The van der Waals surface area contributed by atoms with E-state index in [2.05, 4.69) is 31.1 Å². The molecule has 1 fully saturated rings. The van der Waals surface area contributed by atoms with Gasteiger partial charge in [-0.05, 0) is 39.5 Å². The summed E-state index contributed by atoms with van der Waals surface area (Å²) < 4.78 is 0. The van der Waals surface area contributed by atoms with Crippen molar-refractivity contribution in [3.63, 3.8) is 0 Å². The molecule has 0 aromatic carbocycles. The van der Waals surface area contributed by atoms with Gasteiger partial charge in [0.1, 0.15) is 0 Å². The first-order valence-electron chi connectivity index (χ1n) is 5.79. The molecule has 4 heteroatoms. The van der Waals surface area contributed by atoms with Gasteiger partial charge in [0.25, 0.3) is 0 Å². The van der Waals surface area contributed by atoms with E-state index in [1.54, 1.807) is 0 Å². The second-order valence-corrected chi connectivity index (χ2v) is 4.85. The normalized spacial score (nSPS) is 18.3. The zero-order valence-electron chi connectivity index (χ0n) is 9.99. The summed E-state index contributed by atoms with van der Waals surface area (Å²) in [5, 5.41) is 0. The van der Waals surface area contributed by atoms with Crippen LogP contribution in [0.25, 0.3) is 0 Å². The highest BCUT2D eigenvalue weighted by molar-refractivity contribution is 5.75. The van der Waals surface area contributed by atoms with Gasteiger partial charge in [0, 0.05) is 25.0 Å². The van der Waals surface area contributed by atoms with Crippen molar-refractivity contribution in [3.05, 3.63) is 0 Å². The van der Waals surface area contributed by atoms with Crippen LogP contribution in [-0.2, 0) is 4.79 Å². The van der Waals surface area contributed by atoms with E-state index < -0.39 is 0 Å². The Bertz CT molecular complexity index is 214. The van der Waals surface area contributed by atoms with Crippen LogP contribution < -0.4 is 11.3 Å². The zero-order chi connectivity index (χ0) is 11.4. The average Bonchev–Trinajstić information content (AvgIpc) is 2.96. The minimum absolute atomic E-state index is 0.0797. The van der Waals surface area contributed by atoms with Crippen molar-refractivity contribution in [2.75, 3.05) is 6.54 Å². The van der Waals surface area contributed by atoms with Crippen molar-refractivity contribution < 1.29 is 4.79 Å². The second-order valence-electron chi connectivity index (χ2n) is 4.85. The number of nitrogens with one attached hydrogen (secondary N) is 1. The molecule has 0 aromatic rings. The molecule has 1 atom stereocenters. The lowest BCUT2D eigenvalue weighted by molar-refractivity contribution is -0.122. The fraction of sp³-hybridized carbons (Fsp3) is 0.909. The fourth-order valence-electron chi connectivity index (χ4n) is 1.94. The van der Waals surface area contributed by atoms with E-state index in [1.165, 1.54) is 12.8 Å². The molecular weight excluding hydrogens is 190 g/mol. The van der Waals surface area contributed by atoms with Gasteiger partial charge < -0.3 is 0 Å². The van der Waals surface area contributed by atoms with Crippen LogP contribution >= 0.6 is 0 Å². The molecule has 1 aliphatic rings. The zero-order valence-corrected chi connectivity index (χ0v) is 9.99. The third-order valence-electron chi connectivity index (χ3n) is 3.04. The highest BCUT2D eigenvalue weighted by Crippen LogP contribution is 2.31. The molecule has 88 valence electrons. The van der Waals surface area contributed by atoms with Crippen molar-refractivity contribution in [3.8, 4) is 0 Å². The van der Waals surface area contributed by atoms with Gasteiger partial charge in [-0.15, -0.1) is 0 Å². The van der Waals surface area contributed by atoms with Gasteiger partial charge in [0.15, 0.2) is 0 Å². The van der Waals surface area contributed by atoms with E-state index in [0.717, 1.165) is 12.5 Å². The van der Waals surface area contributed by atoms with E-state index in [4.69, 9.17) is 5.84 Å². The molecule has 4 nitrogen and oxygen atoms in total. The Labute approximate surface area is 92.2 Å². The topological polar surface area (TPSA) is 58.4 Å². The van der Waals surface area contributed by atoms with Crippen LogP contribution in [-0.4, -0.2) is 29.4 Å². The van der Waals surface area contributed by atoms with Gasteiger partial charge in [0.05, 0.1) is 0 Å². The van der Waals surface area contributed by atoms with Crippen molar-refractivity contribution in [2.45, 2.75) is 52.1 Å². The van der Waals surface area contributed by atoms with Gasteiger partial charge >= 0.3 is 0 Å². The van der Waals surface area contributed by atoms with Crippen molar-refractivity contribution >= 4 is 5.91 Å². The fourth-order valence-corrected chi connectivity index (χ4v) is 1.94. The number of amides is 1. The standard InChI is InChI=1S/C11H23N3O/c1-8(2)14(7-10-4-5-10)9(3)6-11(15)13-12/h8-10H,4-7,12H2,1-3H3,(H,13,15). The lowest BCUT2D eigenvalue weighted by atomic mass is 10.1. The predicted molar refractivity (Wildman–Crippen MR) is 61.0 cm³/mol. The van der Waals surface area contributed by atoms with Crippen LogP contribution in [0.2, 0.25) is 0 Å². The summed E-state index contributed by atoms with van der Waals surface area (Å²) >= 11 is 0. The first-order valence-corrected chi connectivity index (χ1v) is 5.79. The van der Waals surface area contributed by atoms with E-state index in [-0.39, 0.29) is 11.9 Å². The molecule has 0 saturated heterocycles. The van der Waals surface area contributed by atoms with Crippen molar-refractivity contribution in [1.82, 2.24) is 10.3 Å². The Morgan fingerprint density at radius 1 is 1.47 bits per heavy atom. The molecule has 1 rings (SSSR count). The lowest BCUT2D eigenvalue weighted by Gasteiger charge is -2.32. The predicted octanol–water partition coefficient (Wildman–Crippen LogP) is 0.875. The molecule has 0 bridgehead atoms. The van der Waals surface area contributed by atoms with Gasteiger partial charge in [-0.25, -0.2) is 5.84 Å².